The van der Waals surface area contributed by atoms with Crippen LogP contribution in [0.25, 0.3) is 55.0 Å². The van der Waals surface area contributed by atoms with E-state index in [9.17, 15) is 0 Å². The maximum absolute atomic E-state index is 6.41. The molecular weight excluding hydrogens is 647 g/mol. The predicted octanol–water partition coefficient (Wildman–Crippen LogP) is 10.7. The van der Waals surface area contributed by atoms with E-state index in [1.54, 1.807) is 0 Å². The summed E-state index contributed by atoms with van der Waals surface area (Å²) in [6.45, 7) is 0. The number of fused-ring (bicyclic) bond motifs is 9. The molecule has 3 N–H and O–H groups in total. The zero-order chi connectivity index (χ0) is 33.5. The normalized spacial score (nSPS) is 22.8. The molecule has 6 heteroatoms. The van der Waals surface area contributed by atoms with Crippen LogP contribution in [0, 0.1) is 0 Å². The topological polar surface area (TPSA) is 62.4 Å². The van der Waals surface area contributed by atoms with Gasteiger partial charge in [0.2, 0.25) is 0 Å². The number of hydrogen-bond donors (Lipinski definition) is 3. The van der Waals surface area contributed by atoms with Crippen molar-refractivity contribution in [2.75, 3.05) is 0 Å². The molecule has 2 aromatic heterocycles. The molecule has 0 spiro atoms. The van der Waals surface area contributed by atoms with Gasteiger partial charge in [-0.25, -0.2) is 0 Å². The van der Waals surface area contributed by atoms with Gasteiger partial charge in [-0.05, 0) is 64.2 Å². The van der Waals surface area contributed by atoms with E-state index >= 15 is 0 Å². The van der Waals surface area contributed by atoms with E-state index < -0.39 is 0 Å². The standard InChI is InChI=1S/C45H33N3O2S/c1-2-10-26(11-3-1)43-46-44(48-45(47-43)33-16-9-19-40-41(33)32-13-5-7-18-39(32)51-40)28-21-23-38-35(25-28)34-24-27(20-22-37(34)49-38)29-14-8-15-31-30-12-4-6-17-36(30)50-42(29)31/h1-25,40-41,43-48H. The molecule has 5 nitrogen and oxygen atoms in total. The third kappa shape index (κ3) is 4.75. The molecular formula is C45H33N3O2S. The first-order chi connectivity index (χ1) is 25.2. The Morgan fingerprint density at radius 1 is 0.529 bits per heavy atom. The second-order valence-electron chi connectivity index (χ2n) is 13.7. The quantitative estimate of drug-likeness (QED) is 0.172. The highest BCUT2D eigenvalue weighted by Gasteiger charge is 2.41. The fourth-order valence-corrected chi connectivity index (χ4v) is 9.79. The van der Waals surface area contributed by atoms with Gasteiger partial charge in [0.15, 0.2) is 0 Å². The Labute approximate surface area is 299 Å². The van der Waals surface area contributed by atoms with Crippen molar-refractivity contribution in [2.45, 2.75) is 34.6 Å². The van der Waals surface area contributed by atoms with Gasteiger partial charge in [-0.1, -0.05) is 115 Å². The highest BCUT2D eigenvalue weighted by Crippen LogP contribution is 2.51. The molecule has 0 bridgehead atoms. The lowest BCUT2D eigenvalue weighted by Gasteiger charge is -2.42. The van der Waals surface area contributed by atoms with Crippen LogP contribution in [-0.4, -0.2) is 11.4 Å². The van der Waals surface area contributed by atoms with Crippen LogP contribution in [0.4, 0.5) is 0 Å². The van der Waals surface area contributed by atoms with Gasteiger partial charge < -0.3 is 8.83 Å². The van der Waals surface area contributed by atoms with Crippen LogP contribution in [0.5, 0.6) is 0 Å². The number of thioether (sulfide) groups is 1. The van der Waals surface area contributed by atoms with Crippen LogP contribution in [0.1, 0.15) is 34.9 Å². The second kappa shape index (κ2) is 11.6. The van der Waals surface area contributed by atoms with Crippen molar-refractivity contribution in [1.29, 1.82) is 0 Å². The highest BCUT2D eigenvalue weighted by atomic mass is 32.2. The molecule has 3 aliphatic rings. The number of nitrogens with one attached hydrogen (secondary N) is 3. The molecule has 11 rings (SSSR count). The zero-order valence-corrected chi connectivity index (χ0v) is 28.4. The van der Waals surface area contributed by atoms with Gasteiger partial charge in [0, 0.05) is 43.2 Å². The van der Waals surface area contributed by atoms with E-state index in [2.05, 4.69) is 156 Å². The molecule has 246 valence electrons. The van der Waals surface area contributed by atoms with Crippen molar-refractivity contribution in [3.8, 4) is 11.1 Å². The maximum Gasteiger partial charge on any atom is 0.143 e. The van der Waals surface area contributed by atoms with Crippen LogP contribution < -0.4 is 16.0 Å². The first kappa shape index (κ1) is 29.4. The van der Waals surface area contributed by atoms with E-state index in [0.29, 0.717) is 11.2 Å². The van der Waals surface area contributed by atoms with Gasteiger partial charge in [0.1, 0.15) is 22.3 Å². The Hall–Kier alpha value is -5.37. The lowest BCUT2D eigenvalue weighted by Crippen LogP contribution is -2.60. The van der Waals surface area contributed by atoms with Crippen molar-refractivity contribution in [3.05, 3.63) is 174 Å². The number of allylic oxidation sites excluding steroid dienone is 2. The predicted molar refractivity (Wildman–Crippen MR) is 208 cm³/mol. The Bertz CT molecular complexity index is 2710. The summed E-state index contributed by atoms with van der Waals surface area (Å²) in [5, 5.41) is 16.6. The third-order valence-corrected chi connectivity index (χ3v) is 12.1. The summed E-state index contributed by atoms with van der Waals surface area (Å²) in [7, 11) is 0. The molecule has 0 amide bonds. The molecule has 4 heterocycles. The fourth-order valence-electron chi connectivity index (χ4n) is 8.40. The number of furan rings is 2. The largest absolute Gasteiger partial charge is 0.456 e. The summed E-state index contributed by atoms with van der Waals surface area (Å²) in [6, 6.07) is 47.3. The molecule has 1 aliphatic carbocycles. The first-order valence-corrected chi connectivity index (χ1v) is 18.5. The summed E-state index contributed by atoms with van der Waals surface area (Å²) >= 11 is 1.97. The average Bonchev–Trinajstić information content (AvgIpc) is 3.89. The van der Waals surface area contributed by atoms with Gasteiger partial charge in [0.05, 0.1) is 18.5 Å². The van der Waals surface area contributed by atoms with E-state index in [1.807, 2.05) is 23.9 Å². The van der Waals surface area contributed by atoms with E-state index in [1.165, 1.54) is 21.6 Å². The lowest BCUT2D eigenvalue weighted by atomic mass is 9.83. The van der Waals surface area contributed by atoms with Gasteiger partial charge in [-0.3, -0.25) is 16.0 Å². The van der Waals surface area contributed by atoms with Gasteiger partial charge in [0.25, 0.3) is 0 Å². The summed E-state index contributed by atoms with van der Waals surface area (Å²) in [5.74, 6) is 0.311. The van der Waals surface area contributed by atoms with Crippen molar-refractivity contribution in [3.63, 3.8) is 0 Å². The third-order valence-electron chi connectivity index (χ3n) is 10.8. The zero-order valence-electron chi connectivity index (χ0n) is 27.5. The molecule has 5 atom stereocenters. The molecule has 6 aromatic carbocycles. The van der Waals surface area contributed by atoms with Crippen LogP contribution in [0.3, 0.4) is 0 Å². The Morgan fingerprint density at radius 3 is 2.18 bits per heavy atom. The molecule has 0 radical (unpaired) electrons. The summed E-state index contributed by atoms with van der Waals surface area (Å²) in [5.41, 5.74) is 10.9. The molecule has 1 fully saturated rings. The summed E-state index contributed by atoms with van der Waals surface area (Å²) < 4.78 is 12.8. The minimum atomic E-state index is -0.113. The van der Waals surface area contributed by atoms with E-state index in [0.717, 1.165) is 60.6 Å². The average molecular weight is 680 g/mol. The Balaban J connectivity index is 0.999. The minimum absolute atomic E-state index is 0.0432. The smallest absolute Gasteiger partial charge is 0.143 e. The van der Waals surface area contributed by atoms with Crippen molar-refractivity contribution >= 4 is 55.6 Å². The van der Waals surface area contributed by atoms with Gasteiger partial charge in [-0.2, -0.15) is 0 Å². The number of para-hydroxylation sites is 2. The number of rotatable bonds is 4. The van der Waals surface area contributed by atoms with Crippen molar-refractivity contribution < 1.29 is 8.83 Å². The van der Waals surface area contributed by atoms with Crippen molar-refractivity contribution in [1.82, 2.24) is 16.0 Å². The molecule has 0 saturated carbocycles. The summed E-state index contributed by atoms with van der Waals surface area (Å²) in [6.07, 6.45) is 6.70. The number of benzene rings is 6. The second-order valence-corrected chi connectivity index (χ2v) is 14.9. The first-order valence-electron chi connectivity index (χ1n) is 17.6. The van der Waals surface area contributed by atoms with Crippen LogP contribution in [0.2, 0.25) is 0 Å². The monoisotopic (exact) mass is 679 g/mol. The van der Waals surface area contributed by atoms with E-state index in [-0.39, 0.29) is 18.5 Å². The SMILES string of the molecule is C1=CC2Sc3ccccc3C2C(C2NC(c3ccccc3)NC(c3ccc4oc5ccc(-c6cccc7c6oc6ccccc67)cc5c4c3)N2)=C1. The summed E-state index contributed by atoms with van der Waals surface area (Å²) in [4.78, 5) is 1.38. The van der Waals surface area contributed by atoms with Gasteiger partial charge in [-0.15, -0.1) is 11.8 Å². The Morgan fingerprint density at radius 2 is 1.25 bits per heavy atom. The van der Waals surface area contributed by atoms with Crippen LogP contribution in [0.15, 0.2) is 171 Å². The highest BCUT2D eigenvalue weighted by molar-refractivity contribution is 8.00. The maximum atomic E-state index is 6.41. The Kier molecular flexibility index (Phi) is 6.67. The molecule has 5 unspecified atom stereocenters. The van der Waals surface area contributed by atoms with Crippen molar-refractivity contribution in [2.24, 2.45) is 0 Å². The molecule has 51 heavy (non-hydrogen) atoms. The minimum Gasteiger partial charge on any atom is -0.456 e. The molecule has 1 saturated heterocycles. The lowest BCUT2D eigenvalue weighted by molar-refractivity contribution is 0.217. The van der Waals surface area contributed by atoms with Crippen LogP contribution >= 0.6 is 11.8 Å². The number of hydrogen-bond acceptors (Lipinski definition) is 6. The molecule has 8 aromatic rings. The van der Waals surface area contributed by atoms with Gasteiger partial charge >= 0.3 is 0 Å². The fraction of sp³-hybridized carbons (Fsp3) is 0.111. The molecule has 2 aliphatic heterocycles. The van der Waals surface area contributed by atoms with Crippen LogP contribution in [-0.2, 0) is 0 Å². The van der Waals surface area contributed by atoms with E-state index in [4.69, 9.17) is 8.83 Å².